The van der Waals surface area contributed by atoms with Crippen LogP contribution >= 0.6 is 0 Å². The first-order chi connectivity index (χ1) is 9.72. The van der Waals surface area contributed by atoms with Gasteiger partial charge in [-0.15, -0.1) is 0 Å². The average molecular weight is 280 g/mol. The van der Waals surface area contributed by atoms with Crippen molar-refractivity contribution in [2.75, 3.05) is 19.6 Å². The van der Waals surface area contributed by atoms with Crippen molar-refractivity contribution < 1.29 is 5.11 Å². The Labute approximate surface area is 123 Å². The summed E-state index contributed by atoms with van der Waals surface area (Å²) in [5.41, 5.74) is 6.05. The molecule has 3 heteroatoms. The third-order valence-corrected chi connectivity index (χ3v) is 6.38. The Morgan fingerprint density at radius 1 is 1.15 bits per heavy atom. The second-order valence-corrected chi connectivity index (χ2v) is 7.55. The van der Waals surface area contributed by atoms with Crippen LogP contribution in [-0.2, 0) is 0 Å². The van der Waals surface area contributed by atoms with Gasteiger partial charge >= 0.3 is 0 Å². The van der Waals surface area contributed by atoms with Gasteiger partial charge in [0, 0.05) is 25.0 Å². The Morgan fingerprint density at radius 3 is 2.70 bits per heavy atom. The smallest absolute Gasteiger partial charge is 0.0583 e. The fourth-order valence-electron chi connectivity index (χ4n) is 5.23. The largest absolute Gasteiger partial charge is 0.393 e. The number of hydrogen-bond donors (Lipinski definition) is 2. The first-order valence-electron chi connectivity index (χ1n) is 8.85. The van der Waals surface area contributed by atoms with Gasteiger partial charge in [-0.2, -0.15) is 0 Å². The van der Waals surface area contributed by atoms with Crippen molar-refractivity contribution in [3.8, 4) is 0 Å². The van der Waals surface area contributed by atoms with Crippen molar-refractivity contribution in [3.63, 3.8) is 0 Å². The summed E-state index contributed by atoms with van der Waals surface area (Å²) in [6.07, 6.45) is 9.00. The highest BCUT2D eigenvalue weighted by atomic mass is 16.3. The number of fused-ring (bicyclic) bond motifs is 1. The van der Waals surface area contributed by atoms with Crippen molar-refractivity contribution in [2.45, 2.75) is 64.0 Å². The Hall–Kier alpha value is -0.120. The van der Waals surface area contributed by atoms with Crippen LogP contribution in [0.2, 0.25) is 0 Å². The van der Waals surface area contributed by atoms with E-state index in [0.717, 1.165) is 31.3 Å². The number of likely N-dealkylation sites (tertiary alicyclic amines) is 1. The topological polar surface area (TPSA) is 49.5 Å². The minimum absolute atomic E-state index is 0.0312. The zero-order valence-corrected chi connectivity index (χ0v) is 13.0. The number of hydrogen-bond acceptors (Lipinski definition) is 3. The maximum absolute atomic E-state index is 10.1. The normalized spacial score (nSPS) is 45.8. The Bertz CT molecular complexity index is 322. The quantitative estimate of drug-likeness (QED) is 0.830. The molecular weight excluding hydrogens is 248 g/mol. The zero-order chi connectivity index (χ0) is 14.1. The van der Waals surface area contributed by atoms with Crippen LogP contribution < -0.4 is 5.73 Å². The molecule has 1 aliphatic heterocycles. The lowest BCUT2D eigenvalue weighted by Crippen LogP contribution is -2.46. The molecule has 2 aliphatic carbocycles. The van der Waals surface area contributed by atoms with E-state index < -0.39 is 0 Å². The standard InChI is InChI=1S/C17H32N2O/c1-2-3-12-4-5-13(9-18)16(8-12)19-10-14-6-7-17(20)15(14)11-19/h12-17,20H,2-11,18H2,1H3. The van der Waals surface area contributed by atoms with Crippen LogP contribution in [0.4, 0.5) is 0 Å². The molecule has 0 radical (unpaired) electrons. The summed E-state index contributed by atoms with van der Waals surface area (Å²) in [4.78, 5) is 2.71. The molecule has 3 nitrogen and oxygen atoms in total. The molecule has 1 saturated heterocycles. The van der Waals surface area contributed by atoms with Gasteiger partial charge < -0.3 is 10.8 Å². The molecule has 3 N–H and O–H groups in total. The van der Waals surface area contributed by atoms with Gasteiger partial charge in [0.2, 0.25) is 0 Å². The molecule has 0 aromatic heterocycles. The van der Waals surface area contributed by atoms with Crippen LogP contribution in [0.15, 0.2) is 0 Å². The molecule has 0 spiro atoms. The molecule has 3 rings (SSSR count). The van der Waals surface area contributed by atoms with Crippen molar-refractivity contribution in [2.24, 2.45) is 29.4 Å². The number of nitrogens with two attached hydrogens (primary N) is 1. The van der Waals surface area contributed by atoms with Gasteiger partial charge in [-0.1, -0.05) is 26.2 Å². The molecule has 116 valence electrons. The summed E-state index contributed by atoms with van der Waals surface area (Å²) in [5.74, 6) is 2.92. The molecule has 6 unspecified atom stereocenters. The lowest BCUT2D eigenvalue weighted by atomic mass is 9.76. The number of aliphatic hydroxyl groups is 1. The van der Waals surface area contributed by atoms with E-state index in [1.54, 1.807) is 0 Å². The zero-order valence-electron chi connectivity index (χ0n) is 13.0. The molecular formula is C17H32N2O. The molecule has 2 saturated carbocycles. The summed E-state index contributed by atoms with van der Waals surface area (Å²) in [6, 6.07) is 0.697. The molecule has 20 heavy (non-hydrogen) atoms. The van der Waals surface area contributed by atoms with Gasteiger partial charge in [-0.3, -0.25) is 4.90 Å². The van der Waals surface area contributed by atoms with Crippen molar-refractivity contribution in [3.05, 3.63) is 0 Å². The van der Waals surface area contributed by atoms with Gasteiger partial charge in [-0.05, 0) is 50.0 Å². The maximum Gasteiger partial charge on any atom is 0.0583 e. The highest BCUT2D eigenvalue weighted by Gasteiger charge is 2.45. The lowest BCUT2D eigenvalue weighted by Gasteiger charge is -2.41. The second kappa shape index (κ2) is 6.33. The SMILES string of the molecule is CCCC1CCC(CN)C(N2CC3CCC(O)C3C2)C1. The fraction of sp³-hybridized carbons (Fsp3) is 1.00. The maximum atomic E-state index is 10.1. The summed E-state index contributed by atoms with van der Waals surface area (Å²) >= 11 is 0. The fourth-order valence-corrected chi connectivity index (χ4v) is 5.23. The Balaban J connectivity index is 1.64. The lowest BCUT2D eigenvalue weighted by molar-refractivity contribution is 0.0759. The third-order valence-electron chi connectivity index (χ3n) is 6.38. The van der Waals surface area contributed by atoms with Crippen LogP contribution in [0.3, 0.4) is 0 Å². The summed E-state index contributed by atoms with van der Waals surface area (Å²) in [6.45, 7) is 5.51. The Morgan fingerprint density at radius 2 is 2.00 bits per heavy atom. The third kappa shape index (κ3) is 2.77. The van der Waals surface area contributed by atoms with Crippen molar-refractivity contribution in [1.82, 2.24) is 4.90 Å². The average Bonchev–Trinajstić information content (AvgIpc) is 3.02. The molecule has 0 amide bonds. The monoisotopic (exact) mass is 280 g/mol. The van der Waals surface area contributed by atoms with Gasteiger partial charge in [0.05, 0.1) is 6.10 Å². The van der Waals surface area contributed by atoms with E-state index in [1.165, 1.54) is 45.1 Å². The molecule has 3 fully saturated rings. The van der Waals surface area contributed by atoms with Gasteiger partial charge in [0.1, 0.15) is 0 Å². The van der Waals surface area contributed by atoms with E-state index in [4.69, 9.17) is 5.73 Å². The van der Waals surface area contributed by atoms with E-state index in [1.807, 2.05) is 0 Å². The van der Waals surface area contributed by atoms with E-state index in [9.17, 15) is 5.11 Å². The molecule has 6 atom stereocenters. The molecule has 1 heterocycles. The van der Waals surface area contributed by atoms with Crippen LogP contribution in [0.25, 0.3) is 0 Å². The number of aliphatic hydroxyl groups excluding tert-OH is 1. The summed E-state index contributed by atoms with van der Waals surface area (Å²) < 4.78 is 0. The first-order valence-corrected chi connectivity index (χ1v) is 8.85. The van der Waals surface area contributed by atoms with Crippen LogP contribution in [0.1, 0.15) is 51.9 Å². The molecule has 3 aliphatic rings. The van der Waals surface area contributed by atoms with Crippen molar-refractivity contribution in [1.29, 1.82) is 0 Å². The minimum atomic E-state index is -0.0312. The van der Waals surface area contributed by atoms with Gasteiger partial charge in [0.25, 0.3) is 0 Å². The minimum Gasteiger partial charge on any atom is -0.393 e. The number of nitrogens with zero attached hydrogens (tertiary/aromatic N) is 1. The number of rotatable bonds is 4. The molecule has 0 aromatic rings. The van der Waals surface area contributed by atoms with E-state index in [-0.39, 0.29) is 6.10 Å². The highest BCUT2D eigenvalue weighted by Crippen LogP contribution is 2.42. The second-order valence-electron chi connectivity index (χ2n) is 7.55. The summed E-state index contributed by atoms with van der Waals surface area (Å²) in [5, 5.41) is 10.1. The van der Waals surface area contributed by atoms with Crippen LogP contribution in [-0.4, -0.2) is 41.8 Å². The van der Waals surface area contributed by atoms with Crippen LogP contribution in [0.5, 0.6) is 0 Å². The summed E-state index contributed by atoms with van der Waals surface area (Å²) in [7, 11) is 0. The Kier molecular flexibility index (Phi) is 4.68. The van der Waals surface area contributed by atoms with E-state index in [0.29, 0.717) is 17.9 Å². The van der Waals surface area contributed by atoms with E-state index in [2.05, 4.69) is 11.8 Å². The predicted octanol–water partition coefficient (Wildman–Crippen LogP) is 2.23. The van der Waals surface area contributed by atoms with Crippen LogP contribution in [0, 0.1) is 23.7 Å². The highest BCUT2D eigenvalue weighted by molar-refractivity contribution is 4.98. The van der Waals surface area contributed by atoms with Gasteiger partial charge in [-0.25, -0.2) is 0 Å². The van der Waals surface area contributed by atoms with Crippen molar-refractivity contribution >= 4 is 0 Å². The molecule has 0 bridgehead atoms. The first kappa shape index (κ1) is 14.8. The van der Waals surface area contributed by atoms with Gasteiger partial charge in [0.15, 0.2) is 0 Å². The predicted molar refractivity (Wildman–Crippen MR) is 82.4 cm³/mol. The molecule has 0 aromatic carbocycles. The van der Waals surface area contributed by atoms with E-state index >= 15 is 0 Å².